The van der Waals surface area contributed by atoms with Crippen LogP contribution in [-0.4, -0.2) is 5.71 Å². The lowest BCUT2D eigenvalue weighted by Gasteiger charge is -2.40. The number of aliphatic imine (C=N–C) groups is 1. The van der Waals surface area contributed by atoms with Crippen LogP contribution < -0.4 is 0 Å². The Morgan fingerprint density at radius 2 is 1.45 bits per heavy atom. The van der Waals surface area contributed by atoms with Gasteiger partial charge in [-0.1, -0.05) is 132 Å². The number of nitrogens with zero attached hydrogens (tertiary/aromatic N) is 1. The summed E-state index contributed by atoms with van der Waals surface area (Å²) in [5.74, 6) is 7.93. The predicted octanol–water partition coefficient (Wildman–Crippen LogP) is 18.2. The minimum absolute atomic E-state index is 0.496. The highest BCUT2D eigenvalue weighted by atomic mass is 14.8. The minimum Gasteiger partial charge on any atom is -0.252 e. The van der Waals surface area contributed by atoms with E-state index in [1.54, 1.807) is 33.4 Å². The first-order chi connectivity index (χ1) is 31.8. The largest absolute Gasteiger partial charge is 0.252 e. The Balaban J connectivity index is 0.983. The first-order valence-corrected chi connectivity index (χ1v) is 27.7. The molecule has 1 heteroatoms. The fourth-order valence-electron chi connectivity index (χ4n) is 14.8. The molecule has 0 aromatic rings. The Bertz CT molecular complexity index is 2140. The van der Waals surface area contributed by atoms with Crippen molar-refractivity contribution in [3.63, 3.8) is 0 Å². The van der Waals surface area contributed by atoms with Crippen LogP contribution in [-0.2, 0) is 0 Å². The predicted molar refractivity (Wildman–Crippen MR) is 280 cm³/mol. The first kappa shape index (κ1) is 46.7. The van der Waals surface area contributed by atoms with Gasteiger partial charge in [-0.25, -0.2) is 0 Å². The third-order valence-corrected chi connectivity index (χ3v) is 19.0. The van der Waals surface area contributed by atoms with Gasteiger partial charge in [0.1, 0.15) is 0 Å². The van der Waals surface area contributed by atoms with Gasteiger partial charge in [0.05, 0.1) is 5.70 Å². The topological polar surface area (TPSA) is 12.4 Å². The van der Waals surface area contributed by atoms with E-state index in [4.69, 9.17) is 4.99 Å². The maximum Gasteiger partial charge on any atom is 0.0691 e. The van der Waals surface area contributed by atoms with Crippen molar-refractivity contribution in [1.82, 2.24) is 0 Å². The summed E-state index contributed by atoms with van der Waals surface area (Å²) in [6.07, 6.45) is 64.7. The Labute approximate surface area is 397 Å². The summed E-state index contributed by atoms with van der Waals surface area (Å²) in [6.45, 7) is 14.9. The zero-order valence-corrected chi connectivity index (χ0v) is 41.9. The molecule has 0 spiro atoms. The van der Waals surface area contributed by atoms with E-state index in [1.807, 2.05) is 0 Å². The molecule has 8 aliphatic carbocycles. The molecule has 1 nitrogen and oxygen atoms in total. The standard InChI is InChI=1S/C64H87N/c1-7-57-46(6)43(3)26-41-61(62(57)53-21-13-10-14-22-53)52-34-30-49(31-35-52)55-23-17-24-56(42-55)64-58(8-2)60(51-32-28-48(29-33-51)47-19-11-9-12-20-47)40-27-45(5)63(65-64)54-38-36-50(37-39-54)59-25-16-15-18-44(59)4/h13,16-17,19,21-25,28,34,36,38-39,41,43-44,46,49-51,55,57-60,62H,7-12,14-15,18,20,26-27,29-33,35,37,40,42H2,1-6H3/b63-45+,65-64-. The molecule has 0 saturated carbocycles. The molecule has 0 amide bonds. The van der Waals surface area contributed by atoms with Crippen molar-refractivity contribution in [3.05, 3.63) is 141 Å². The summed E-state index contributed by atoms with van der Waals surface area (Å²) in [5, 5.41) is 0. The lowest BCUT2D eigenvalue weighted by atomic mass is 9.66. The molecule has 9 aliphatic rings. The van der Waals surface area contributed by atoms with Crippen LogP contribution in [0.15, 0.2) is 146 Å². The first-order valence-electron chi connectivity index (χ1n) is 27.7. The second kappa shape index (κ2) is 21.7. The lowest BCUT2D eigenvalue weighted by Crippen LogP contribution is -2.34. The van der Waals surface area contributed by atoms with Crippen LogP contribution in [0, 0.1) is 71.0 Å². The molecule has 0 aromatic heterocycles. The van der Waals surface area contributed by atoms with Crippen molar-refractivity contribution in [3.8, 4) is 0 Å². The molecule has 0 bridgehead atoms. The zero-order valence-electron chi connectivity index (χ0n) is 41.9. The zero-order chi connectivity index (χ0) is 44.9. The highest BCUT2D eigenvalue weighted by Crippen LogP contribution is 2.50. The van der Waals surface area contributed by atoms with Crippen LogP contribution in [0.5, 0.6) is 0 Å². The number of allylic oxidation sites excluding steroid dienone is 22. The Kier molecular flexibility index (Phi) is 15.6. The smallest absolute Gasteiger partial charge is 0.0691 e. The Hall–Kier alpha value is -3.45. The molecule has 9 rings (SSSR count). The van der Waals surface area contributed by atoms with Gasteiger partial charge in [0.15, 0.2) is 0 Å². The SMILES string of the molecule is CCC1/C(C2=CC=CC(C3CC=C(C4=CCC(C)C(C)C(CC)C4C4=CCCC=C4)CC3)C2)=N\C(C2=CCC(C3C=CCCC3C)C=C2)=C(/C)CCC1C1CC=C(C2=CCCCC2)CC1. The summed E-state index contributed by atoms with van der Waals surface area (Å²) in [4.78, 5) is 6.05. The molecule has 0 aromatic carbocycles. The maximum atomic E-state index is 6.05. The van der Waals surface area contributed by atoms with Gasteiger partial charge in [-0.3, -0.25) is 4.99 Å². The van der Waals surface area contributed by atoms with Crippen molar-refractivity contribution >= 4 is 5.71 Å². The maximum absolute atomic E-state index is 6.05. The van der Waals surface area contributed by atoms with E-state index >= 15 is 0 Å². The summed E-state index contributed by atoms with van der Waals surface area (Å²) in [5.41, 5.74) is 15.6. The average Bonchev–Trinajstić information content (AvgIpc) is 3.48. The number of hydrogen-bond donors (Lipinski definition) is 0. The van der Waals surface area contributed by atoms with Gasteiger partial charge in [0.2, 0.25) is 0 Å². The van der Waals surface area contributed by atoms with Crippen LogP contribution in [0.1, 0.15) is 176 Å². The van der Waals surface area contributed by atoms with Gasteiger partial charge in [-0.2, -0.15) is 0 Å². The van der Waals surface area contributed by atoms with E-state index in [2.05, 4.69) is 133 Å². The minimum atomic E-state index is 0.496. The van der Waals surface area contributed by atoms with E-state index in [0.717, 1.165) is 36.5 Å². The van der Waals surface area contributed by atoms with Gasteiger partial charge in [-0.15, -0.1) is 0 Å². The molecule has 0 saturated heterocycles. The van der Waals surface area contributed by atoms with Crippen LogP contribution in [0.3, 0.4) is 0 Å². The highest BCUT2D eigenvalue weighted by molar-refractivity contribution is 6.03. The molecule has 348 valence electrons. The lowest BCUT2D eigenvalue weighted by molar-refractivity contribution is 0.227. The third-order valence-electron chi connectivity index (χ3n) is 19.0. The second-order valence-corrected chi connectivity index (χ2v) is 22.7. The Morgan fingerprint density at radius 1 is 0.615 bits per heavy atom. The average molecular weight is 870 g/mol. The van der Waals surface area contributed by atoms with Gasteiger partial charge in [-0.05, 0) is 239 Å². The van der Waals surface area contributed by atoms with Crippen molar-refractivity contribution in [2.24, 2.45) is 76.0 Å². The van der Waals surface area contributed by atoms with Crippen molar-refractivity contribution < 1.29 is 0 Å². The van der Waals surface area contributed by atoms with Gasteiger partial charge in [0.25, 0.3) is 0 Å². The monoisotopic (exact) mass is 870 g/mol. The summed E-state index contributed by atoms with van der Waals surface area (Å²) >= 11 is 0. The normalized spacial score (nSPS) is 39.0. The van der Waals surface area contributed by atoms with Crippen molar-refractivity contribution in [1.29, 1.82) is 0 Å². The van der Waals surface area contributed by atoms with E-state index in [1.165, 1.54) is 145 Å². The second-order valence-electron chi connectivity index (χ2n) is 22.7. The molecular formula is C64H87N. The van der Waals surface area contributed by atoms with E-state index in [-0.39, 0.29) is 0 Å². The van der Waals surface area contributed by atoms with Gasteiger partial charge in [0, 0.05) is 17.5 Å². The van der Waals surface area contributed by atoms with E-state index in [9.17, 15) is 0 Å². The van der Waals surface area contributed by atoms with E-state index < -0.39 is 0 Å². The van der Waals surface area contributed by atoms with Crippen molar-refractivity contribution in [2.45, 2.75) is 176 Å². The molecular weight excluding hydrogens is 783 g/mol. The molecule has 1 aliphatic heterocycles. The fourth-order valence-corrected chi connectivity index (χ4v) is 14.8. The summed E-state index contributed by atoms with van der Waals surface area (Å²) in [7, 11) is 0. The highest BCUT2D eigenvalue weighted by Gasteiger charge is 2.39. The van der Waals surface area contributed by atoms with Gasteiger partial charge < -0.3 is 0 Å². The van der Waals surface area contributed by atoms with Crippen LogP contribution >= 0.6 is 0 Å². The molecule has 65 heavy (non-hydrogen) atoms. The molecule has 0 fully saturated rings. The molecule has 12 unspecified atom stereocenters. The number of rotatable bonds is 10. The summed E-state index contributed by atoms with van der Waals surface area (Å²) in [6, 6.07) is 0. The fraction of sp³-hybridized carbons (Fsp3) is 0.609. The molecule has 0 N–H and O–H groups in total. The molecule has 12 atom stereocenters. The summed E-state index contributed by atoms with van der Waals surface area (Å²) < 4.78 is 0. The van der Waals surface area contributed by atoms with Gasteiger partial charge >= 0.3 is 0 Å². The molecule has 0 radical (unpaired) electrons. The van der Waals surface area contributed by atoms with Crippen LogP contribution in [0.25, 0.3) is 0 Å². The van der Waals surface area contributed by atoms with Crippen LogP contribution in [0.2, 0.25) is 0 Å². The Morgan fingerprint density at radius 3 is 2.15 bits per heavy atom. The van der Waals surface area contributed by atoms with Crippen LogP contribution in [0.4, 0.5) is 0 Å². The number of hydrogen-bond acceptors (Lipinski definition) is 1. The van der Waals surface area contributed by atoms with Crippen molar-refractivity contribution in [2.75, 3.05) is 0 Å². The third kappa shape index (κ3) is 10.4. The quantitative estimate of drug-likeness (QED) is 0.194. The molecule has 1 heterocycles. The van der Waals surface area contributed by atoms with E-state index in [0.29, 0.717) is 47.3 Å².